The summed E-state index contributed by atoms with van der Waals surface area (Å²) in [6, 6.07) is 0.592. The molecule has 2 N–H and O–H groups in total. The number of rotatable bonds is 4. The molecule has 0 bridgehead atoms. The highest BCUT2D eigenvalue weighted by Gasteiger charge is 2.23. The smallest absolute Gasteiger partial charge is 0.240 e. The molecule has 0 saturated carbocycles. The van der Waals surface area contributed by atoms with E-state index in [0.29, 0.717) is 18.5 Å². The van der Waals surface area contributed by atoms with Gasteiger partial charge in [0, 0.05) is 25.7 Å². The fourth-order valence-corrected chi connectivity index (χ4v) is 2.32. The molecule has 2 rings (SSSR count). The highest BCUT2D eigenvalue weighted by molar-refractivity contribution is 4.88. The van der Waals surface area contributed by atoms with Crippen molar-refractivity contribution in [2.45, 2.75) is 33.0 Å². The number of hydrogen-bond acceptors (Lipinski definition) is 6. The minimum absolute atomic E-state index is 0.313. The highest BCUT2D eigenvalue weighted by Crippen LogP contribution is 2.11. The molecule has 1 aliphatic heterocycles. The molecule has 1 aliphatic rings. The molecule has 0 amide bonds. The molecule has 6 nitrogen and oxygen atoms in total. The van der Waals surface area contributed by atoms with Gasteiger partial charge < -0.3 is 10.3 Å². The Hall–Kier alpha value is -0.980. The van der Waals surface area contributed by atoms with Crippen molar-refractivity contribution in [1.82, 2.24) is 19.9 Å². The van der Waals surface area contributed by atoms with Gasteiger partial charge in [-0.05, 0) is 13.5 Å². The summed E-state index contributed by atoms with van der Waals surface area (Å²) >= 11 is 0. The molecule has 1 aromatic rings. The second-order valence-corrected chi connectivity index (χ2v) is 4.52. The van der Waals surface area contributed by atoms with Crippen LogP contribution < -0.4 is 5.73 Å². The van der Waals surface area contributed by atoms with Crippen molar-refractivity contribution in [2.24, 2.45) is 5.73 Å². The van der Waals surface area contributed by atoms with Crippen LogP contribution in [0.5, 0.6) is 0 Å². The topological polar surface area (TPSA) is 71.4 Å². The maximum atomic E-state index is 5.44. The molecule has 2 heterocycles. The van der Waals surface area contributed by atoms with Gasteiger partial charge in [0.15, 0.2) is 5.82 Å². The monoisotopic (exact) mass is 239 g/mol. The van der Waals surface area contributed by atoms with Crippen molar-refractivity contribution < 1.29 is 4.52 Å². The van der Waals surface area contributed by atoms with Crippen LogP contribution in [0.15, 0.2) is 4.52 Å². The summed E-state index contributed by atoms with van der Waals surface area (Å²) in [5.41, 5.74) is 5.44. The number of likely N-dealkylation sites (N-methyl/N-ethyl adjacent to an activating group) is 1. The van der Waals surface area contributed by atoms with Gasteiger partial charge in [-0.1, -0.05) is 12.1 Å². The zero-order valence-corrected chi connectivity index (χ0v) is 10.6. The van der Waals surface area contributed by atoms with Gasteiger partial charge in [-0.25, -0.2) is 0 Å². The number of piperazine rings is 1. The van der Waals surface area contributed by atoms with E-state index in [1.54, 1.807) is 0 Å². The van der Waals surface area contributed by atoms with Crippen molar-refractivity contribution >= 4 is 0 Å². The summed E-state index contributed by atoms with van der Waals surface area (Å²) in [5, 5.41) is 3.92. The molecule has 1 atom stereocenters. The van der Waals surface area contributed by atoms with E-state index in [9.17, 15) is 0 Å². The standard InChI is InChI=1S/C11H21N5O/c1-3-16-5-4-15(7-9(16)2)8-10-13-11(6-12)17-14-10/h9H,3-8,12H2,1-2H3. The van der Waals surface area contributed by atoms with Crippen LogP contribution in [0.1, 0.15) is 25.6 Å². The third-order valence-electron chi connectivity index (χ3n) is 3.31. The number of nitrogens with two attached hydrogens (primary N) is 1. The van der Waals surface area contributed by atoms with Crippen molar-refractivity contribution in [3.8, 4) is 0 Å². The second-order valence-electron chi connectivity index (χ2n) is 4.52. The summed E-state index contributed by atoms with van der Waals surface area (Å²) in [5.74, 6) is 1.25. The van der Waals surface area contributed by atoms with Gasteiger partial charge >= 0.3 is 0 Å². The highest BCUT2D eigenvalue weighted by atomic mass is 16.5. The SMILES string of the molecule is CCN1CCN(Cc2noc(CN)n2)CC1C. The molecule has 0 aliphatic carbocycles. The van der Waals surface area contributed by atoms with Crippen LogP contribution >= 0.6 is 0 Å². The molecule has 0 radical (unpaired) electrons. The molecule has 1 fully saturated rings. The van der Waals surface area contributed by atoms with Crippen LogP contribution in [0, 0.1) is 0 Å². The molecule has 6 heteroatoms. The molecule has 17 heavy (non-hydrogen) atoms. The Morgan fingerprint density at radius 3 is 2.88 bits per heavy atom. The van der Waals surface area contributed by atoms with E-state index in [-0.39, 0.29) is 0 Å². The predicted molar refractivity (Wildman–Crippen MR) is 64.2 cm³/mol. The minimum atomic E-state index is 0.313. The second kappa shape index (κ2) is 5.57. The minimum Gasteiger partial charge on any atom is -0.338 e. The molecular formula is C11H21N5O. The average molecular weight is 239 g/mol. The Balaban J connectivity index is 1.88. The van der Waals surface area contributed by atoms with Crippen molar-refractivity contribution in [3.05, 3.63) is 11.7 Å². The fourth-order valence-electron chi connectivity index (χ4n) is 2.32. The summed E-state index contributed by atoms with van der Waals surface area (Å²) in [7, 11) is 0. The van der Waals surface area contributed by atoms with E-state index in [1.165, 1.54) is 0 Å². The Morgan fingerprint density at radius 1 is 1.47 bits per heavy atom. The van der Waals surface area contributed by atoms with Crippen molar-refractivity contribution in [1.29, 1.82) is 0 Å². The lowest BCUT2D eigenvalue weighted by atomic mass is 10.2. The Kier molecular flexibility index (Phi) is 4.09. The molecule has 1 saturated heterocycles. The Bertz CT molecular complexity index is 353. The zero-order chi connectivity index (χ0) is 12.3. The largest absolute Gasteiger partial charge is 0.338 e. The van der Waals surface area contributed by atoms with Crippen LogP contribution in [0.2, 0.25) is 0 Å². The van der Waals surface area contributed by atoms with Crippen molar-refractivity contribution in [3.63, 3.8) is 0 Å². The lowest BCUT2D eigenvalue weighted by molar-refractivity contribution is 0.0812. The fraction of sp³-hybridized carbons (Fsp3) is 0.818. The summed E-state index contributed by atoms with van der Waals surface area (Å²) < 4.78 is 5.00. The van der Waals surface area contributed by atoms with E-state index in [0.717, 1.165) is 38.5 Å². The van der Waals surface area contributed by atoms with E-state index < -0.39 is 0 Å². The normalized spacial score (nSPS) is 23.1. The van der Waals surface area contributed by atoms with Crippen LogP contribution in [-0.4, -0.2) is 52.2 Å². The van der Waals surface area contributed by atoms with Crippen molar-refractivity contribution in [2.75, 3.05) is 26.2 Å². The quantitative estimate of drug-likeness (QED) is 0.801. The summed E-state index contributed by atoms with van der Waals surface area (Å²) in [6.45, 7) is 9.88. The zero-order valence-electron chi connectivity index (χ0n) is 10.6. The Morgan fingerprint density at radius 2 is 2.29 bits per heavy atom. The first-order valence-electron chi connectivity index (χ1n) is 6.20. The van der Waals surface area contributed by atoms with Gasteiger partial charge in [-0.15, -0.1) is 0 Å². The molecule has 96 valence electrons. The first-order chi connectivity index (χ1) is 8.22. The third kappa shape index (κ3) is 3.02. The maximum absolute atomic E-state index is 5.44. The third-order valence-corrected chi connectivity index (χ3v) is 3.31. The van der Waals surface area contributed by atoms with Gasteiger partial charge in [0.05, 0.1) is 13.1 Å². The molecule has 0 aromatic carbocycles. The molecular weight excluding hydrogens is 218 g/mol. The van der Waals surface area contributed by atoms with Crippen LogP contribution in [0.4, 0.5) is 0 Å². The van der Waals surface area contributed by atoms with E-state index in [2.05, 4.69) is 33.8 Å². The summed E-state index contributed by atoms with van der Waals surface area (Å²) in [6.07, 6.45) is 0. The van der Waals surface area contributed by atoms with Crippen LogP contribution in [-0.2, 0) is 13.1 Å². The predicted octanol–water partition coefficient (Wildman–Crippen LogP) is 0.0543. The first kappa shape index (κ1) is 12.5. The number of nitrogens with zero attached hydrogens (tertiary/aromatic N) is 4. The maximum Gasteiger partial charge on any atom is 0.240 e. The van der Waals surface area contributed by atoms with Gasteiger partial charge in [0.2, 0.25) is 5.89 Å². The molecule has 0 spiro atoms. The van der Waals surface area contributed by atoms with E-state index >= 15 is 0 Å². The first-order valence-corrected chi connectivity index (χ1v) is 6.20. The summed E-state index contributed by atoms with van der Waals surface area (Å²) in [4.78, 5) is 9.08. The number of hydrogen-bond donors (Lipinski definition) is 1. The van der Waals surface area contributed by atoms with Gasteiger partial charge in [0.1, 0.15) is 0 Å². The van der Waals surface area contributed by atoms with Crippen LogP contribution in [0.3, 0.4) is 0 Å². The van der Waals surface area contributed by atoms with E-state index in [1.807, 2.05) is 0 Å². The van der Waals surface area contributed by atoms with Gasteiger partial charge in [-0.2, -0.15) is 4.98 Å². The van der Waals surface area contributed by atoms with E-state index in [4.69, 9.17) is 10.3 Å². The Labute approximate surface area is 102 Å². The number of aromatic nitrogens is 2. The van der Waals surface area contributed by atoms with Crippen LogP contribution in [0.25, 0.3) is 0 Å². The molecule has 1 aromatic heterocycles. The molecule has 1 unspecified atom stereocenters. The average Bonchev–Trinajstić information content (AvgIpc) is 2.77. The van der Waals surface area contributed by atoms with Gasteiger partial charge in [0.25, 0.3) is 0 Å². The van der Waals surface area contributed by atoms with Gasteiger partial charge in [-0.3, -0.25) is 9.80 Å². The lowest BCUT2D eigenvalue weighted by Crippen LogP contribution is -2.51. The lowest BCUT2D eigenvalue weighted by Gasteiger charge is -2.38.